The molecule has 1 rings (SSSR count). The van der Waals surface area contributed by atoms with E-state index >= 15 is 0 Å². The van der Waals surface area contributed by atoms with Gasteiger partial charge >= 0.3 is 6.09 Å². The molecule has 1 fully saturated rings. The SMILES string of the molecule is CCS(=O)(=O)CCNC1CN(C(=O)OC(C)(C)C)C1. The quantitative estimate of drug-likeness (QED) is 0.804. The first-order valence-electron chi connectivity index (χ1n) is 6.54. The molecule has 0 aromatic carbocycles. The predicted molar refractivity (Wildman–Crippen MR) is 73.9 cm³/mol. The zero-order valence-corrected chi connectivity index (χ0v) is 12.9. The Hall–Kier alpha value is -0.820. The Morgan fingerprint density at radius 3 is 2.42 bits per heavy atom. The van der Waals surface area contributed by atoms with Gasteiger partial charge in [-0.2, -0.15) is 0 Å². The summed E-state index contributed by atoms with van der Waals surface area (Å²) >= 11 is 0. The average molecular weight is 292 g/mol. The van der Waals surface area contributed by atoms with E-state index in [-0.39, 0.29) is 23.6 Å². The van der Waals surface area contributed by atoms with Gasteiger partial charge in [0, 0.05) is 31.4 Å². The minimum atomic E-state index is -2.92. The molecule has 1 heterocycles. The summed E-state index contributed by atoms with van der Waals surface area (Å²) in [6.07, 6.45) is -0.313. The van der Waals surface area contributed by atoms with E-state index in [4.69, 9.17) is 4.74 Å². The van der Waals surface area contributed by atoms with Gasteiger partial charge in [0.2, 0.25) is 0 Å². The van der Waals surface area contributed by atoms with E-state index in [0.717, 1.165) is 0 Å². The van der Waals surface area contributed by atoms with Crippen LogP contribution in [0.5, 0.6) is 0 Å². The molecule has 112 valence electrons. The Kier molecular flexibility index (Phi) is 5.20. The molecule has 0 aliphatic carbocycles. The van der Waals surface area contributed by atoms with Crippen molar-refractivity contribution < 1.29 is 17.9 Å². The third-order valence-electron chi connectivity index (χ3n) is 2.82. The van der Waals surface area contributed by atoms with E-state index in [1.165, 1.54) is 0 Å². The van der Waals surface area contributed by atoms with Gasteiger partial charge in [0.05, 0.1) is 5.75 Å². The van der Waals surface area contributed by atoms with E-state index in [2.05, 4.69) is 5.32 Å². The number of rotatable bonds is 5. The van der Waals surface area contributed by atoms with Crippen LogP contribution in [0.25, 0.3) is 0 Å². The van der Waals surface area contributed by atoms with Gasteiger partial charge in [0.25, 0.3) is 0 Å². The van der Waals surface area contributed by atoms with Crippen LogP contribution >= 0.6 is 0 Å². The Balaban J connectivity index is 2.19. The number of hydrogen-bond donors (Lipinski definition) is 1. The number of amides is 1. The van der Waals surface area contributed by atoms with E-state index in [1.807, 2.05) is 20.8 Å². The van der Waals surface area contributed by atoms with Crippen LogP contribution in [0.15, 0.2) is 0 Å². The molecule has 1 aliphatic heterocycles. The van der Waals surface area contributed by atoms with Crippen LogP contribution in [0.1, 0.15) is 27.7 Å². The number of likely N-dealkylation sites (tertiary alicyclic amines) is 1. The lowest BCUT2D eigenvalue weighted by molar-refractivity contribution is 0.00554. The maximum absolute atomic E-state index is 11.6. The monoisotopic (exact) mass is 292 g/mol. The largest absolute Gasteiger partial charge is 0.444 e. The molecule has 0 aromatic rings. The fraction of sp³-hybridized carbons (Fsp3) is 0.917. The van der Waals surface area contributed by atoms with Crippen LogP contribution in [0.3, 0.4) is 0 Å². The molecule has 1 saturated heterocycles. The van der Waals surface area contributed by atoms with Crippen LogP contribution in [0.2, 0.25) is 0 Å². The van der Waals surface area contributed by atoms with Crippen LogP contribution in [-0.2, 0) is 14.6 Å². The molecule has 0 bridgehead atoms. The number of ether oxygens (including phenoxy) is 1. The molecule has 0 aromatic heterocycles. The summed E-state index contributed by atoms with van der Waals surface area (Å²) in [6, 6.07) is 0.166. The molecule has 0 saturated carbocycles. The number of carbonyl (C=O) groups excluding carboxylic acids is 1. The van der Waals surface area contributed by atoms with Crippen molar-refractivity contribution in [3.8, 4) is 0 Å². The molecular weight excluding hydrogens is 268 g/mol. The number of nitrogens with one attached hydrogen (secondary N) is 1. The number of carbonyl (C=O) groups is 1. The molecule has 0 unspecified atom stereocenters. The van der Waals surface area contributed by atoms with Crippen molar-refractivity contribution in [3.63, 3.8) is 0 Å². The lowest BCUT2D eigenvalue weighted by Gasteiger charge is -2.40. The smallest absolute Gasteiger partial charge is 0.410 e. The van der Waals surface area contributed by atoms with Crippen molar-refractivity contribution in [2.45, 2.75) is 39.3 Å². The normalized spacial score (nSPS) is 17.2. The van der Waals surface area contributed by atoms with Crippen molar-refractivity contribution >= 4 is 15.9 Å². The second-order valence-corrected chi connectivity index (χ2v) is 8.25. The number of sulfone groups is 1. The zero-order chi connectivity index (χ0) is 14.7. The zero-order valence-electron chi connectivity index (χ0n) is 12.1. The standard InChI is InChI=1S/C12H24N2O4S/c1-5-19(16,17)7-6-13-10-8-14(9-10)11(15)18-12(2,3)4/h10,13H,5-9H2,1-4H3. The molecule has 0 radical (unpaired) electrons. The molecule has 6 nitrogen and oxygen atoms in total. The summed E-state index contributed by atoms with van der Waals surface area (Å²) in [7, 11) is -2.92. The Labute approximate surface area is 115 Å². The molecule has 0 atom stereocenters. The molecule has 1 N–H and O–H groups in total. The second kappa shape index (κ2) is 6.09. The minimum absolute atomic E-state index is 0.145. The molecule has 0 spiro atoms. The van der Waals surface area contributed by atoms with Gasteiger partial charge in [0.15, 0.2) is 9.84 Å². The first-order chi connectivity index (χ1) is 8.63. The molecule has 1 amide bonds. The van der Waals surface area contributed by atoms with E-state index < -0.39 is 15.4 Å². The van der Waals surface area contributed by atoms with Crippen molar-refractivity contribution in [2.75, 3.05) is 31.1 Å². The predicted octanol–water partition coefficient (Wildman–Crippen LogP) is 0.630. The summed E-state index contributed by atoms with van der Waals surface area (Å²) in [4.78, 5) is 13.3. The summed E-state index contributed by atoms with van der Waals surface area (Å²) in [5.74, 6) is 0.315. The summed E-state index contributed by atoms with van der Waals surface area (Å²) < 4.78 is 27.8. The van der Waals surface area contributed by atoms with Crippen LogP contribution < -0.4 is 5.32 Å². The summed E-state index contributed by atoms with van der Waals surface area (Å²) in [5, 5.41) is 3.13. The van der Waals surface area contributed by atoms with Crippen molar-refractivity contribution in [3.05, 3.63) is 0 Å². The van der Waals surface area contributed by atoms with E-state index in [1.54, 1.807) is 11.8 Å². The maximum atomic E-state index is 11.6. The van der Waals surface area contributed by atoms with Crippen LogP contribution in [0, 0.1) is 0 Å². The van der Waals surface area contributed by atoms with Gasteiger partial charge in [-0.3, -0.25) is 0 Å². The van der Waals surface area contributed by atoms with Gasteiger partial charge in [-0.1, -0.05) is 6.92 Å². The van der Waals surface area contributed by atoms with E-state index in [0.29, 0.717) is 19.6 Å². The van der Waals surface area contributed by atoms with Crippen molar-refractivity contribution in [1.29, 1.82) is 0 Å². The fourth-order valence-electron chi connectivity index (χ4n) is 1.65. The average Bonchev–Trinajstić information content (AvgIpc) is 2.18. The summed E-state index contributed by atoms with van der Waals surface area (Å²) in [6.45, 7) is 8.70. The number of nitrogens with zero attached hydrogens (tertiary/aromatic N) is 1. The minimum Gasteiger partial charge on any atom is -0.444 e. The highest BCUT2D eigenvalue weighted by Gasteiger charge is 2.33. The van der Waals surface area contributed by atoms with Crippen molar-refractivity contribution in [2.24, 2.45) is 0 Å². The Bertz CT molecular complexity index is 408. The molecular formula is C12H24N2O4S. The highest BCUT2D eigenvalue weighted by molar-refractivity contribution is 7.91. The van der Waals surface area contributed by atoms with Crippen LogP contribution in [0.4, 0.5) is 4.79 Å². The van der Waals surface area contributed by atoms with Gasteiger partial charge in [-0.15, -0.1) is 0 Å². The topological polar surface area (TPSA) is 75.7 Å². The fourth-order valence-corrected chi connectivity index (χ4v) is 2.36. The third-order valence-corrected chi connectivity index (χ3v) is 4.52. The van der Waals surface area contributed by atoms with E-state index in [9.17, 15) is 13.2 Å². The third kappa shape index (κ3) is 5.78. The number of hydrogen-bond acceptors (Lipinski definition) is 5. The van der Waals surface area contributed by atoms with Gasteiger partial charge < -0.3 is 15.0 Å². The van der Waals surface area contributed by atoms with Gasteiger partial charge in [-0.25, -0.2) is 13.2 Å². The highest BCUT2D eigenvalue weighted by atomic mass is 32.2. The lowest BCUT2D eigenvalue weighted by Crippen LogP contribution is -2.61. The summed E-state index contributed by atoms with van der Waals surface area (Å²) in [5.41, 5.74) is -0.481. The van der Waals surface area contributed by atoms with Gasteiger partial charge in [-0.05, 0) is 20.8 Å². The van der Waals surface area contributed by atoms with Crippen molar-refractivity contribution in [1.82, 2.24) is 10.2 Å². The molecule has 7 heteroatoms. The first-order valence-corrected chi connectivity index (χ1v) is 8.37. The van der Waals surface area contributed by atoms with Crippen LogP contribution in [-0.4, -0.2) is 62.2 Å². The second-order valence-electron chi connectivity index (χ2n) is 5.77. The van der Waals surface area contributed by atoms with Gasteiger partial charge in [0.1, 0.15) is 5.60 Å². The molecule has 1 aliphatic rings. The first kappa shape index (κ1) is 16.2. The Morgan fingerprint density at radius 1 is 1.37 bits per heavy atom. The lowest BCUT2D eigenvalue weighted by atomic mass is 10.1. The molecule has 19 heavy (non-hydrogen) atoms. The highest BCUT2D eigenvalue weighted by Crippen LogP contribution is 2.14. The Morgan fingerprint density at radius 2 is 1.95 bits per heavy atom. The maximum Gasteiger partial charge on any atom is 0.410 e.